The number of aliphatic hydroxyl groups excluding tert-OH is 1. The maximum absolute atomic E-state index is 11.2. The predicted octanol–water partition coefficient (Wildman–Crippen LogP) is 5.34. The van der Waals surface area contributed by atoms with E-state index in [4.69, 9.17) is 40.5 Å². The number of ether oxygens (including phenoxy) is 4. The van der Waals surface area contributed by atoms with Gasteiger partial charge >= 0.3 is 12.0 Å². The van der Waals surface area contributed by atoms with Crippen molar-refractivity contribution in [3.8, 4) is 28.4 Å². The molecule has 2 aliphatic heterocycles. The number of pyridine rings is 1. The Morgan fingerprint density at radius 3 is 2.33 bits per heavy atom. The molecule has 2 aromatic heterocycles. The van der Waals surface area contributed by atoms with Gasteiger partial charge in [0.2, 0.25) is 0 Å². The van der Waals surface area contributed by atoms with Gasteiger partial charge < -0.3 is 29.2 Å². The average molecular weight is 624 g/mol. The third kappa shape index (κ3) is 6.33. The summed E-state index contributed by atoms with van der Waals surface area (Å²) in [6.07, 6.45) is -1.93. The molecule has 2 saturated heterocycles. The summed E-state index contributed by atoms with van der Waals surface area (Å²) in [4.78, 5) is 20.8. The first-order valence-corrected chi connectivity index (χ1v) is 18.3. The van der Waals surface area contributed by atoms with Crippen molar-refractivity contribution in [1.82, 2.24) is 14.5 Å². The van der Waals surface area contributed by atoms with E-state index in [1.807, 2.05) is 24.3 Å². The van der Waals surface area contributed by atoms with Gasteiger partial charge in [-0.3, -0.25) is 4.57 Å². The number of nitrogens with zero attached hydrogens (tertiary/aromatic N) is 3. The van der Waals surface area contributed by atoms with Crippen molar-refractivity contribution in [1.29, 1.82) is 0 Å². The minimum Gasteiger partial charge on any atom is -0.478 e. The van der Waals surface area contributed by atoms with E-state index in [-0.39, 0.29) is 31.6 Å². The molecule has 0 spiro atoms. The van der Waals surface area contributed by atoms with Crippen LogP contribution in [-0.2, 0) is 20.9 Å². The van der Waals surface area contributed by atoms with Crippen LogP contribution in [0.15, 0.2) is 54.6 Å². The Morgan fingerprint density at radius 2 is 1.65 bits per heavy atom. The van der Waals surface area contributed by atoms with Crippen molar-refractivity contribution in [3.63, 3.8) is 0 Å². The first kappa shape index (κ1) is 29.7. The molecule has 2 aromatic carbocycles. The molecule has 2 aliphatic rings. The number of halogens is 1. The van der Waals surface area contributed by atoms with E-state index in [2.05, 4.69) is 19.6 Å². The number of aromatic carboxylic acids is 1. The van der Waals surface area contributed by atoms with Crippen LogP contribution in [0.3, 0.4) is 0 Å². The number of hydrogen-bond donors (Lipinski definition) is 2. The van der Waals surface area contributed by atoms with Crippen LogP contribution in [0.4, 0.5) is 0 Å². The number of aliphatic hydroxyl groups is 1. The van der Waals surface area contributed by atoms with Crippen LogP contribution < -0.4 is 4.74 Å². The molecule has 0 radical (unpaired) electrons. The van der Waals surface area contributed by atoms with Crippen LogP contribution in [0.5, 0.6) is 6.01 Å². The molecule has 0 unspecified atom stereocenters. The van der Waals surface area contributed by atoms with Crippen LogP contribution in [0, 0.1) is 0 Å². The number of benzene rings is 2. The van der Waals surface area contributed by atoms with Gasteiger partial charge in [-0.25, -0.2) is 9.78 Å². The fourth-order valence-corrected chi connectivity index (χ4v) is 6.27. The van der Waals surface area contributed by atoms with Gasteiger partial charge in [-0.1, -0.05) is 67.6 Å². The fraction of sp³-hybridized carbons (Fsp3) is 0.387. The minimum atomic E-state index is -1.29. The highest BCUT2D eigenvalue weighted by molar-refractivity contribution is 6.76. The van der Waals surface area contributed by atoms with Gasteiger partial charge in [0.25, 0.3) is 0 Å². The fourth-order valence-electron chi connectivity index (χ4n) is 5.25. The smallest absolute Gasteiger partial charge is 0.335 e. The molecule has 2 N–H and O–H groups in total. The first-order chi connectivity index (χ1) is 20.6. The minimum absolute atomic E-state index is 0.195. The van der Waals surface area contributed by atoms with E-state index in [9.17, 15) is 15.0 Å². The van der Waals surface area contributed by atoms with Crippen molar-refractivity contribution in [2.45, 2.75) is 56.8 Å². The van der Waals surface area contributed by atoms with Crippen LogP contribution in [0.1, 0.15) is 10.4 Å². The summed E-state index contributed by atoms with van der Waals surface area (Å²) in [6.45, 7) is 8.19. The highest BCUT2D eigenvalue weighted by Crippen LogP contribution is 2.34. The zero-order valence-electron chi connectivity index (χ0n) is 24.2. The standard InChI is InChI=1S/C31H34ClN3O7Si/c1-43(2,3)13-12-39-17-35-29-23(33-31(35)42-25-16-41-27-24(36)15-40-28(25)27)14-22(32)26(34-29)20-8-4-18(5-9-20)19-6-10-21(11-7-19)30(37)38/h4-11,14,24-25,27-28,36H,12-13,15-17H2,1-3H3,(H,37,38)/t24-,25-,27-,28-/m1/s1. The summed E-state index contributed by atoms with van der Waals surface area (Å²) in [7, 11) is -1.29. The second-order valence-corrected chi connectivity index (χ2v) is 18.1. The van der Waals surface area contributed by atoms with Crippen LogP contribution in [-0.4, -0.2) is 83.0 Å². The number of aromatic nitrogens is 3. The van der Waals surface area contributed by atoms with Crippen molar-refractivity contribution >= 4 is 36.8 Å². The van der Waals surface area contributed by atoms with Crippen molar-refractivity contribution in [2.75, 3.05) is 19.8 Å². The van der Waals surface area contributed by atoms with E-state index in [0.717, 1.165) is 22.7 Å². The number of carbonyl (C=O) groups is 1. The molecule has 4 aromatic rings. The number of fused-ring (bicyclic) bond motifs is 2. The maximum Gasteiger partial charge on any atom is 0.335 e. The van der Waals surface area contributed by atoms with Crippen LogP contribution in [0.2, 0.25) is 30.7 Å². The molecule has 6 rings (SSSR count). The Morgan fingerprint density at radius 1 is 1.00 bits per heavy atom. The molecule has 0 bridgehead atoms. The Kier molecular flexibility index (Phi) is 8.29. The second kappa shape index (κ2) is 12.0. The average Bonchev–Trinajstić information content (AvgIpc) is 3.65. The number of rotatable bonds is 10. The van der Waals surface area contributed by atoms with Gasteiger partial charge in [0.1, 0.15) is 30.6 Å². The molecule has 0 saturated carbocycles. The van der Waals surface area contributed by atoms with Gasteiger partial charge in [0, 0.05) is 20.2 Å². The lowest BCUT2D eigenvalue weighted by Gasteiger charge is -2.19. The number of carboxylic acid groups (broad SMARTS) is 1. The second-order valence-electron chi connectivity index (χ2n) is 12.1. The van der Waals surface area contributed by atoms with Crippen molar-refractivity contribution in [3.05, 3.63) is 65.2 Å². The van der Waals surface area contributed by atoms with Crippen molar-refractivity contribution < 1.29 is 34.0 Å². The predicted molar refractivity (Wildman–Crippen MR) is 164 cm³/mol. The maximum atomic E-state index is 11.2. The van der Waals surface area contributed by atoms with Gasteiger partial charge in [0.15, 0.2) is 11.8 Å². The molecule has 4 atom stereocenters. The molecule has 0 amide bonds. The van der Waals surface area contributed by atoms with E-state index in [1.54, 1.807) is 34.9 Å². The Labute approximate surface area is 255 Å². The topological polar surface area (TPSA) is 125 Å². The monoisotopic (exact) mass is 623 g/mol. The largest absolute Gasteiger partial charge is 0.478 e. The zero-order valence-corrected chi connectivity index (χ0v) is 26.0. The summed E-state index contributed by atoms with van der Waals surface area (Å²) in [5.41, 5.74) is 4.61. The Bertz CT molecular complexity index is 1620. The molecule has 12 heteroatoms. The summed E-state index contributed by atoms with van der Waals surface area (Å²) < 4.78 is 25.7. The number of imidazole rings is 1. The molecule has 4 heterocycles. The lowest BCUT2D eigenvalue weighted by atomic mass is 10.0. The van der Waals surface area contributed by atoms with E-state index < -0.39 is 32.4 Å². The Balaban J connectivity index is 1.30. The van der Waals surface area contributed by atoms with Crippen LogP contribution >= 0.6 is 11.6 Å². The normalized spacial score (nSPS) is 21.8. The van der Waals surface area contributed by atoms with E-state index >= 15 is 0 Å². The van der Waals surface area contributed by atoms with E-state index in [0.29, 0.717) is 34.5 Å². The highest BCUT2D eigenvalue weighted by atomic mass is 35.5. The van der Waals surface area contributed by atoms with Crippen molar-refractivity contribution in [2.24, 2.45) is 0 Å². The van der Waals surface area contributed by atoms with E-state index in [1.165, 1.54) is 0 Å². The highest BCUT2D eigenvalue weighted by Gasteiger charge is 2.49. The quantitative estimate of drug-likeness (QED) is 0.178. The first-order valence-electron chi connectivity index (χ1n) is 14.2. The lowest BCUT2D eigenvalue weighted by molar-refractivity contribution is 0.00336. The molecule has 2 fully saturated rings. The molecular weight excluding hydrogens is 590 g/mol. The van der Waals surface area contributed by atoms with Gasteiger partial charge in [0.05, 0.1) is 29.5 Å². The molecule has 43 heavy (non-hydrogen) atoms. The molecule has 0 aliphatic carbocycles. The summed E-state index contributed by atoms with van der Waals surface area (Å²) in [6, 6.07) is 17.6. The molecular formula is C31H34ClN3O7Si. The number of carboxylic acids is 1. The summed E-state index contributed by atoms with van der Waals surface area (Å²) in [5.74, 6) is -0.960. The third-order valence-corrected chi connectivity index (χ3v) is 9.71. The molecule has 10 nitrogen and oxygen atoms in total. The third-order valence-electron chi connectivity index (χ3n) is 7.72. The lowest BCUT2D eigenvalue weighted by Crippen LogP contribution is -2.35. The van der Waals surface area contributed by atoms with Crippen LogP contribution in [0.25, 0.3) is 33.5 Å². The zero-order chi connectivity index (χ0) is 30.3. The number of hydrogen-bond acceptors (Lipinski definition) is 8. The summed E-state index contributed by atoms with van der Waals surface area (Å²) >= 11 is 6.74. The van der Waals surface area contributed by atoms with Gasteiger partial charge in [-0.15, -0.1) is 0 Å². The van der Waals surface area contributed by atoms with Gasteiger partial charge in [-0.2, -0.15) is 4.98 Å². The SMILES string of the molecule is C[Si](C)(C)CCOCn1c(O[C@@H]2CO[C@H]3[C@@H]2OC[C@H]3O)nc2cc(Cl)c(-c3ccc(-c4ccc(C(=O)O)cc4)cc3)nc21. The molecule has 226 valence electrons. The van der Waals surface area contributed by atoms with Gasteiger partial charge in [-0.05, 0) is 35.4 Å². The Hall–Kier alpha value is -3.32. The summed E-state index contributed by atoms with van der Waals surface area (Å²) in [5, 5.41) is 19.8.